The number of nitrogens with zero attached hydrogens (tertiary/aromatic N) is 1. The molecular formula is C14H18N4O2. The van der Waals surface area contributed by atoms with Crippen molar-refractivity contribution in [2.75, 3.05) is 32.1 Å². The van der Waals surface area contributed by atoms with Gasteiger partial charge in [0.1, 0.15) is 0 Å². The van der Waals surface area contributed by atoms with Gasteiger partial charge in [-0.1, -0.05) is 12.1 Å². The van der Waals surface area contributed by atoms with Gasteiger partial charge in [-0.2, -0.15) is 5.10 Å². The lowest BCUT2D eigenvalue weighted by atomic mass is 9.87. The largest absolute Gasteiger partial charge is 0.384 e. The number of H-pyrrole nitrogens is 1. The first-order valence-corrected chi connectivity index (χ1v) is 6.68. The molecule has 1 aromatic heterocycles. The number of nitrogens with one attached hydrogen (secondary N) is 3. The molecule has 6 nitrogen and oxygen atoms in total. The Kier molecular flexibility index (Phi) is 3.42. The molecule has 0 spiro atoms. The van der Waals surface area contributed by atoms with Gasteiger partial charge in [0.25, 0.3) is 0 Å². The number of ether oxygens (including phenoxy) is 1. The molecule has 0 bridgehead atoms. The second kappa shape index (κ2) is 5.22. The Bertz CT molecular complexity index is 616. The lowest BCUT2D eigenvalue weighted by Gasteiger charge is -2.26. The number of carbonyl (C=O) groups excluding carboxylic acids is 1. The van der Waals surface area contributed by atoms with Crippen LogP contribution in [0.3, 0.4) is 0 Å². The first kappa shape index (κ1) is 13.1. The van der Waals surface area contributed by atoms with Crippen molar-refractivity contribution in [3.05, 3.63) is 24.4 Å². The summed E-state index contributed by atoms with van der Waals surface area (Å²) in [6.45, 7) is 1.90. The van der Waals surface area contributed by atoms with E-state index < -0.39 is 5.41 Å². The number of hydrogen-bond donors (Lipinski definition) is 3. The first-order chi connectivity index (χ1) is 9.75. The van der Waals surface area contributed by atoms with Gasteiger partial charge in [0.05, 0.1) is 29.4 Å². The summed E-state index contributed by atoms with van der Waals surface area (Å²) in [4.78, 5) is 12.6. The van der Waals surface area contributed by atoms with Gasteiger partial charge in [-0.05, 0) is 19.0 Å². The lowest BCUT2D eigenvalue weighted by Crippen LogP contribution is -2.41. The number of fused-ring (bicyclic) bond motifs is 1. The summed E-state index contributed by atoms with van der Waals surface area (Å²) in [5, 5.41) is 14.1. The van der Waals surface area contributed by atoms with Crippen molar-refractivity contribution in [3.63, 3.8) is 0 Å². The molecule has 6 heteroatoms. The number of benzene rings is 1. The Morgan fingerprint density at radius 2 is 2.45 bits per heavy atom. The van der Waals surface area contributed by atoms with Crippen molar-refractivity contribution < 1.29 is 9.53 Å². The van der Waals surface area contributed by atoms with Crippen molar-refractivity contribution in [2.24, 2.45) is 5.41 Å². The molecule has 2 aromatic rings. The van der Waals surface area contributed by atoms with Gasteiger partial charge in [0, 0.05) is 19.0 Å². The van der Waals surface area contributed by atoms with E-state index >= 15 is 0 Å². The number of aromatic nitrogens is 2. The summed E-state index contributed by atoms with van der Waals surface area (Å²) in [6.07, 6.45) is 2.53. The molecule has 1 unspecified atom stereocenters. The Balaban J connectivity index is 1.86. The molecule has 1 amide bonds. The van der Waals surface area contributed by atoms with E-state index in [9.17, 15) is 4.79 Å². The van der Waals surface area contributed by atoms with Crippen LogP contribution in [-0.2, 0) is 9.53 Å². The molecule has 20 heavy (non-hydrogen) atoms. The van der Waals surface area contributed by atoms with Crippen LogP contribution in [0.15, 0.2) is 24.4 Å². The molecule has 1 fully saturated rings. The summed E-state index contributed by atoms with van der Waals surface area (Å²) in [5.74, 6) is -0.00792. The van der Waals surface area contributed by atoms with Crippen molar-refractivity contribution in [1.29, 1.82) is 0 Å². The van der Waals surface area contributed by atoms with E-state index in [1.807, 2.05) is 18.2 Å². The monoisotopic (exact) mass is 274 g/mol. The second-order valence-electron chi connectivity index (χ2n) is 5.23. The van der Waals surface area contributed by atoms with Crippen LogP contribution in [0.25, 0.3) is 10.9 Å². The number of hydrogen-bond acceptors (Lipinski definition) is 4. The zero-order valence-corrected chi connectivity index (χ0v) is 11.4. The fourth-order valence-electron chi connectivity index (χ4n) is 2.73. The van der Waals surface area contributed by atoms with Crippen LogP contribution in [0.2, 0.25) is 0 Å². The molecule has 0 radical (unpaired) electrons. The number of aromatic amines is 1. The van der Waals surface area contributed by atoms with Gasteiger partial charge < -0.3 is 15.4 Å². The van der Waals surface area contributed by atoms with Gasteiger partial charge in [0.15, 0.2) is 0 Å². The zero-order valence-electron chi connectivity index (χ0n) is 11.4. The number of methoxy groups -OCH3 is 1. The van der Waals surface area contributed by atoms with Gasteiger partial charge in [0.2, 0.25) is 5.91 Å². The topological polar surface area (TPSA) is 79.0 Å². The van der Waals surface area contributed by atoms with Crippen LogP contribution in [-0.4, -0.2) is 42.9 Å². The maximum Gasteiger partial charge on any atom is 0.234 e. The molecule has 1 atom stereocenters. The van der Waals surface area contributed by atoms with Gasteiger partial charge in [-0.3, -0.25) is 9.89 Å². The number of rotatable bonds is 4. The summed E-state index contributed by atoms with van der Waals surface area (Å²) in [5.41, 5.74) is 1.11. The van der Waals surface area contributed by atoms with Crippen LogP contribution in [0, 0.1) is 5.41 Å². The van der Waals surface area contributed by atoms with Crippen LogP contribution in [0.5, 0.6) is 0 Å². The maximum atomic E-state index is 12.6. The highest BCUT2D eigenvalue weighted by Gasteiger charge is 2.41. The van der Waals surface area contributed by atoms with Gasteiger partial charge in [-0.15, -0.1) is 0 Å². The fourth-order valence-corrected chi connectivity index (χ4v) is 2.73. The fraction of sp³-hybridized carbons (Fsp3) is 0.429. The third kappa shape index (κ3) is 2.17. The van der Waals surface area contributed by atoms with Crippen LogP contribution < -0.4 is 10.6 Å². The minimum Gasteiger partial charge on any atom is -0.384 e. The summed E-state index contributed by atoms with van der Waals surface area (Å²) < 4.78 is 5.24. The van der Waals surface area contributed by atoms with E-state index in [1.54, 1.807) is 13.3 Å². The third-order valence-corrected chi connectivity index (χ3v) is 3.87. The van der Waals surface area contributed by atoms with Crippen molar-refractivity contribution in [1.82, 2.24) is 15.5 Å². The smallest absolute Gasteiger partial charge is 0.234 e. The predicted molar refractivity (Wildman–Crippen MR) is 76.5 cm³/mol. The van der Waals surface area contributed by atoms with Gasteiger partial charge in [-0.25, -0.2) is 0 Å². The molecule has 106 valence electrons. The molecule has 1 aliphatic heterocycles. The normalized spacial score (nSPS) is 22.2. The molecule has 1 aromatic carbocycles. The maximum absolute atomic E-state index is 12.6. The highest BCUT2D eigenvalue weighted by atomic mass is 16.5. The Morgan fingerprint density at radius 3 is 3.20 bits per heavy atom. The highest BCUT2D eigenvalue weighted by Crippen LogP contribution is 2.29. The number of amides is 1. The van der Waals surface area contributed by atoms with E-state index in [2.05, 4.69) is 20.8 Å². The van der Waals surface area contributed by atoms with Crippen molar-refractivity contribution in [3.8, 4) is 0 Å². The van der Waals surface area contributed by atoms with Crippen LogP contribution in [0.1, 0.15) is 6.42 Å². The molecule has 1 aliphatic rings. The molecular weight excluding hydrogens is 256 g/mol. The van der Waals surface area contributed by atoms with Crippen LogP contribution >= 0.6 is 0 Å². The summed E-state index contributed by atoms with van der Waals surface area (Å²) in [7, 11) is 1.63. The quantitative estimate of drug-likeness (QED) is 0.781. The first-order valence-electron chi connectivity index (χ1n) is 6.68. The number of para-hydroxylation sites is 1. The SMILES string of the molecule is COCC1(C(=O)Nc2cccc3cn[nH]c23)CCNC1. The number of anilines is 1. The summed E-state index contributed by atoms with van der Waals surface area (Å²) >= 11 is 0. The Morgan fingerprint density at radius 1 is 1.55 bits per heavy atom. The van der Waals surface area contributed by atoms with Crippen LogP contribution in [0.4, 0.5) is 5.69 Å². The van der Waals surface area contributed by atoms with E-state index in [-0.39, 0.29) is 5.91 Å². The molecule has 3 N–H and O–H groups in total. The number of carbonyl (C=O) groups is 1. The molecule has 0 aliphatic carbocycles. The summed E-state index contributed by atoms with van der Waals surface area (Å²) in [6, 6.07) is 5.74. The minimum atomic E-state index is -0.489. The molecule has 2 heterocycles. The molecule has 0 saturated carbocycles. The molecule has 1 saturated heterocycles. The molecule has 3 rings (SSSR count). The standard InChI is InChI=1S/C14H18N4O2/c1-20-9-14(5-6-15-8-14)13(19)17-11-4-2-3-10-7-16-18-12(10)11/h2-4,7,15H,5-6,8-9H2,1H3,(H,16,18)(H,17,19). The van der Waals surface area contributed by atoms with Crippen molar-refractivity contribution >= 4 is 22.5 Å². The van der Waals surface area contributed by atoms with Crippen molar-refractivity contribution in [2.45, 2.75) is 6.42 Å². The Labute approximate surface area is 116 Å². The lowest BCUT2D eigenvalue weighted by molar-refractivity contribution is -0.127. The average molecular weight is 274 g/mol. The van der Waals surface area contributed by atoms with E-state index in [0.29, 0.717) is 13.2 Å². The Hall–Kier alpha value is -1.92. The predicted octanol–water partition coefficient (Wildman–Crippen LogP) is 1.13. The zero-order chi connectivity index (χ0) is 14.0. The van der Waals surface area contributed by atoms with E-state index in [4.69, 9.17) is 4.74 Å². The highest BCUT2D eigenvalue weighted by molar-refractivity contribution is 6.02. The van der Waals surface area contributed by atoms with E-state index in [1.165, 1.54) is 0 Å². The van der Waals surface area contributed by atoms with Gasteiger partial charge >= 0.3 is 0 Å². The minimum absolute atomic E-state index is 0.00792. The second-order valence-corrected chi connectivity index (χ2v) is 5.23. The average Bonchev–Trinajstić information content (AvgIpc) is 3.08. The third-order valence-electron chi connectivity index (χ3n) is 3.87. The van der Waals surface area contributed by atoms with E-state index in [0.717, 1.165) is 29.6 Å².